The maximum absolute atomic E-state index is 13.8. The molecule has 2 aromatic heterocycles. The van der Waals surface area contributed by atoms with Crippen LogP contribution >= 0.6 is 11.3 Å². The highest BCUT2D eigenvalue weighted by molar-refractivity contribution is 7.20. The highest BCUT2D eigenvalue weighted by atomic mass is 32.1. The first-order chi connectivity index (χ1) is 18.5. The second-order valence-corrected chi connectivity index (χ2v) is 12.2. The third-order valence-electron chi connectivity index (χ3n) is 6.62. The van der Waals surface area contributed by atoms with Crippen molar-refractivity contribution in [3.05, 3.63) is 35.4 Å². The van der Waals surface area contributed by atoms with Crippen LogP contribution in [-0.4, -0.2) is 61.7 Å². The van der Waals surface area contributed by atoms with Gasteiger partial charge >= 0.3 is 6.09 Å². The number of carbonyl (C=O) groups excluding carboxylic acids is 2. The topological polar surface area (TPSA) is 119 Å². The van der Waals surface area contributed by atoms with Gasteiger partial charge < -0.3 is 25.0 Å². The lowest BCUT2D eigenvalue weighted by molar-refractivity contribution is 0.00499. The number of halogens is 1. The molecule has 2 aliphatic rings. The fourth-order valence-corrected chi connectivity index (χ4v) is 5.99. The number of hydrogen-bond donors (Lipinski definition) is 2. The van der Waals surface area contributed by atoms with Crippen molar-refractivity contribution in [2.75, 3.05) is 5.32 Å². The monoisotopic (exact) mass is 556 g/mol. The molecule has 2 N–H and O–H groups in total. The van der Waals surface area contributed by atoms with Gasteiger partial charge in [0.15, 0.2) is 10.8 Å². The molecular weight excluding hydrogens is 523 g/mol. The van der Waals surface area contributed by atoms with Gasteiger partial charge in [-0.15, -0.1) is 0 Å². The molecule has 2 fully saturated rings. The van der Waals surface area contributed by atoms with Crippen LogP contribution in [0.2, 0.25) is 0 Å². The van der Waals surface area contributed by atoms with Gasteiger partial charge in [-0.05, 0) is 72.4 Å². The summed E-state index contributed by atoms with van der Waals surface area (Å²) >= 11 is 1.17. The summed E-state index contributed by atoms with van der Waals surface area (Å²) in [7, 11) is 0. The molecule has 2 atom stereocenters. The highest BCUT2D eigenvalue weighted by Gasteiger charge is 2.45. The summed E-state index contributed by atoms with van der Waals surface area (Å²) in [6.07, 6.45) is 4.08. The molecule has 39 heavy (non-hydrogen) atoms. The number of hydrogen-bond acceptors (Lipinski definition) is 9. The number of aromatic nitrogens is 3. The molecule has 1 aromatic carbocycles. The summed E-state index contributed by atoms with van der Waals surface area (Å²) in [5.74, 6) is 0.0308. The van der Waals surface area contributed by atoms with Gasteiger partial charge in [0.25, 0.3) is 5.91 Å². The van der Waals surface area contributed by atoms with Gasteiger partial charge in [0.2, 0.25) is 0 Å². The Labute approximate surface area is 230 Å². The standard InChI is InChI=1S/C27H33FN6O4S/c1-14(2)37-20-10-15(28)6-9-19(20)32-22-21-24(30-13-29-22)39-25(33-21)23(35)31-16-11-17-7-8-18(12-16)34(17)26(36)38-27(3,4)5/h6,9-10,13-14,16-18H,7-8,11-12H2,1-5H3,(H,31,35)(H,29,30,32). The zero-order valence-electron chi connectivity index (χ0n) is 22.7. The molecule has 2 amide bonds. The van der Waals surface area contributed by atoms with Crippen LogP contribution in [-0.2, 0) is 4.74 Å². The van der Waals surface area contributed by atoms with Crippen molar-refractivity contribution in [3.8, 4) is 5.75 Å². The largest absolute Gasteiger partial charge is 0.489 e. The number of piperidine rings is 1. The molecule has 2 saturated heterocycles. The van der Waals surface area contributed by atoms with Gasteiger partial charge in [-0.25, -0.2) is 24.1 Å². The Hall–Kier alpha value is -3.54. The van der Waals surface area contributed by atoms with Crippen LogP contribution < -0.4 is 15.4 Å². The van der Waals surface area contributed by atoms with Gasteiger partial charge in [-0.3, -0.25) is 4.79 Å². The molecule has 0 aliphatic carbocycles. The number of anilines is 2. The summed E-state index contributed by atoms with van der Waals surface area (Å²) in [5.41, 5.74) is 0.411. The van der Waals surface area contributed by atoms with Crippen molar-refractivity contribution >= 4 is 45.2 Å². The van der Waals surface area contributed by atoms with Crippen LogP contribution in [0.15, 0.2) is 24.5 Å². The quantitative estimate of drug-likeness (QED) is 0.413. The van der Waals surface area contributed by atoms with E-state index in [0.717, 1.165) is 12.8 Å². The first-order valence-electron chi connectivity index (χ1n) is 13.1. The van der Waals surface area contributed by atoms with Gasteiger partial charge in [0.05, 0.1) is 11.8 Å². The first-order valence-corrected chi connectivity index (χ1v) is 14.0. The number of thiazole rings is 1. The normalized spacial score (nSPS) is 20.8. The molecule has 2 bridgehead atoms. The summed E-state index contributed by atoms with van der Waals surface area (Å²) in [6, 6.07) is 4.22. The van der Waals surface area contributed by atoms with Crippen LogP contribution in [0.4, 0.5) is 20.7 Å². The molecule has 2 unspecified atom stereocenters. The van der Waals surface area contributed by atoms with Crippen molar-refractivity contribution in [3.63, 3.8) is 0 Å². The zero-order valence-corrected chi connectivity index (χ0v) is 23.5. The van der Waals surface area contributed by atoms with Gasteiger partial charge in [-0.1, -0.05) is 11.3 Å². The predicted octanol–water partition coefficient (Wildman–Crippen LogP) is 5.42. The lowest BCUT2D eigenvalue weighted by Gasteiger charge is -2.39. The van der Waals surface area contributed by atoms with Crippen molar-refractivity contribution < 1.29 is 23.5 Å². The van der Waals surface area contributed by atoms with E-state index in [2.05, 4.69) is 25.6 Å². The Bertz CT molecular complexity index is 1380. The average molecular weight is 557 g/mol. The van der Waals surface area contributed by atoms with Crippen molar-refractivity contribution in [1.82, 2.24) is 25.2 Å². The minimum absolute atomic E-state index is 0.0406. The number of benzene rings is 1. The van der Waals surface area contributed by atoms with Crippen molar-refractivity contribution in [1.29, 1.82) is 0 Å². The Kier molecular flexibility index (Phi) is 7.32. The SMILES string of the molecule is CC(C)Oc1cc(F)ccc1Nc1ncnc2sc(C(=O)NC3CC4CCC(C3)N4C(=O)OC(C)(C)C)nc12. The molecule has 4 heterocycles. The van der Waals surface area contributed by atoms with E-state index >= 15 is 0 Å². The Morgan fingerprint density at radius 1 is 1.15 bits per heavy atom. The molecule has 0 saturated carbocycles. The highest BCUT2D eigenvalue weighted by Crippen LogP contribution is 2.37. The van der Waals surface area contributed by atoms with Crippen LogP contribution in [0.3, 0.4) is 0 Å². The summed E-state index contributed by atoms with van der Waals surface area (Å²) in [6.45, 7) is 9.30. The average Bonchev–Trinajstić information content (AvgIpc) is 3.39. The number of fused-ring (bicyclic) bond motifs is 3. The first kappa shape index (κ1) is 27.0. The zero-order chi connectivity index (χ0) is 27.9. The van der Waals surface area contributed by atoms with Crippen LogP contribution in [0.1, 0.15) is 70.1 Å². The lowest BCUT2D eigenvalue weighted by atomic mass is 9.97. The molecule has 3 aromatic rings. The van der Waals surface area contributed by atoms with E-state index in [1.807, 2.05) is 39.5 Å². The number of rotatable bonds is 6. The minimum atomic E-state index is -0.551. The van der Waals surface area contributed by atoms with Crippen molar-refractivity contribution in [2.45, 2.75) is 90.1 Å². The van der Waals surface area contributed by atoms with Crippen LogP contribution in [0, 0.1) is 5.82 Å². The van der Waals surface area contributed by atoms with E-state index in [1.165, 1.54) is 29.8 Å². The smallest absolute Gasteiger partial charge is 0.410 e. The third-order valence-corrected chi connectivity index (χ3v) is 7.58. The number of amides is 2. The lowest BCUT2D eigenvalue weighted by Crippen LogP contribution is -2.53. The maximum atomic E-state index is 13.8. The number of ether oxygens (including phenoxy) is 2. The second-order valence-electron chi connectivity index (χ2n) is 11.2. The fraction of sp³-hybridized carbons (Fsp3) is 0.519. The molecule has 10 nitrogen and oxygen atoms in total. The van der Waals surface area contributed by atoms with E-state index in [0.29, 0.717) is 40.4 Å². The van der Waals surface area contributed by atoms with Gasteiger partial charge in [0.1, 0.15) is 33.8 Å². The van der Waals surface area contributed by atoms with Gasteiger partial charge in [0, 0.05) is 24.2 Å². The fourth-order valence-electron chi connectivity index (χ4n) is 5.18. The molecular formula is C27H33FN6O4S. The molecule has 208 valence electrons. The van der Waals surface area contributed by atoms with E-state index < -0.39 is 11.4 Å². The maximum Gasteiger partial charge on any atom is 0.410 e. The van der Waals surface area contributed by atoms with E-state index in [9.17, 15) is 14.0 Å². The Morgan fingerprint density at radius 3 is 2.54 bits per heavy atom. The van der Waals surface area contributed by atoms with E-state index in [1.54, 1.807) is 6.07 Å². The van der Waals surface area contributed by atoms with Gasteiger partial charge in [-0.2, -0.15) is 0 Å². The molecule has 0 radical (unpaired) electrons. The van der Waals surface area contributed by atoms with E-state index in [-0.39, 0.29) is 41.2 Å². The molecule has 2 aliphatic heterocycles. The minimum Gasteiger partial charge on any atom is -0.489 e. The summed E-state index contributed by atoms with van der Waals surface area (Å²) < 4.78 is 25.2. The summed E-state index contributed by atoms with van der Waals surface area (Å²) in [4.78, 5) is 41.5. The summed E-state index contributed by atoms with van der Waals surface area (Å²) in [5, 5.41) is 6.54. The third kappa shape index (κ3) is 6.05. The molecule has 0 spiro atoms. The van der Waals surface area contributed by atoms with E-state index in [4.69, 9.17) is 9.47 Å². The molecule has 12 heteroatoms. The predicted molar refractivity (Wildman–Crippen MR) is 146 cm³/mol. The Balaban J connectivity index is 1.29. The second kappa shape index (κ2) is 10.6. The number of nitrogens with zero attached hydrogens (tertiary/aromatic N) is 4. The molecule has 5 rings (SSSR count). The van der Waals surface area contributed by atoms with Crippen molar-refractivity contribution in [2.24, 2.45) is 0 Å². The number of carbonyl (C=O) groups is 2. The number of nitrogens with one attached hydrogen (secondary N) is 2. The van der Waals surface area contributed by atoms with Crippen LogP contribution in [0.5, 0.6) is 5.75 Å². The Morgan fingerprint density at radius 2 is 1.87 bits per heavy atom. The van der Waals surface area contributed by atoms with Crippen LogP contribution in [0.25, 0.3) is 10.3 Å².